The first-order chi connectivity index (χ1) is 11.0. The van der Waals surface area contributed by atoms with Gasteiger partial charge in [-0.15, -0.1) is 12.3 Å². The molecule has 0 spiro atoms. The van der Waals surface area contributed by atoms with Gasteiger partial charge >= 0.3 is 5.97 Å². The Morgan fingerprint density at radius 1 is 1.39 bits per heavy atom. The summed E-state index contributed by atoms with van der Waals surface area (Å²) in [7, 11) is 1.48. The zero-order valence-corrected chi connectivity index (χ0v) is 13.5. The van der Waals surface area contributed by atoms with Crippen molar-refractivity contribution in [3.05, 3.63) is 0 Å². The summed E-state index contributed by atoms with van der Waals surface area (Å²) >= 11 is 0. The molecule has 1 atom stereocenters. The third-order valence-corrected chi connectivity index (χ3v) is 4.60. The third-order valence-electron chi connectivity index (χ3n) is 4.60. The number of piperidine rings is 1. The molecule has 1 unspecified atom stereocenters. The molecule has 1 amide bonds. The quantitative estimate of drug-likeness (QED) is 0.689. The Bertz CT molecular complexity index is 530. The van der Waals surface area contributed by atoms with Crippen LogP contribution in [0.3, 0.4) is 0 Å². The molecule has 23 heavy (non-hydrogen) atoms. The van der Waals surface area contributed by atoms with Crippen molar-refractivity contribution < 1.29 is 19.4 Å². The summed E-state index contributed by atoms with van der Waals surface area (Å²) in [4.78, 5) is 25.7. The largest absolute Gasteiger partial charge is 0.481 e. The lowest BCUT2D eigenvalue weighted by molar-refractivity contribution is -0.159. The van der Waals surface area contributed by atoms with Crippen molar-refractivity contribution >= 4 is 11.9 Å². The van der Waals surface area contributed by atoms with Crippen molar-refractivity contribution in [2.75, 3.05) is 26.8 Å². The molecule has 2 heterocycles. The third kappa shape index (κ3) is 4.08. The van der Waals surface area contributed by atoms with E-state index in [9.17, 15) is 14.7 Å². The van der Waals surface area contributed by atoms with Crippen LogP contribution in [0.25, 0.3) is 0 Å². The molecule has 1 fully saturated rings. The second kappa shape index (κ2) is 7.09. The number of amides is 1. The molecule has 0 saturated carbocycles. The molecule has 126 valence electrons. The van der Waals surface area contributed by atoms with E-state index in [4.69, 9.17) is 11.2 Å². The van der Waals surface area contributed by atoms with Gasteiger partial charge in [0, 0.05) is 45.9 Å². The van der Waals surface area contributed by atoms with E-state index in [1.165, 1.54) is 7.11 Å². The smallest absolute Gasteiger partial charge is 0.313 e. The van der Waals surface area contributed by atoms with Crippen molar-refractivity contribution in [3.8, 4) is 12.3 Å². The average molecular weight is 321 g/mol. The summed E-state index contributed by atoms with van der Waals surface area (Å²) in [6, 6.07) is 0. The highest BCUT2D eigenvalue weighted by Gasteiger charge is 2.45. The predicted molar refractivity (Wildman–Crippen MR) is 82.6 cm³/mol. The van der Waals surface area contributed by atoms with Crippen molar-refractivity contribution in [2.24, 2.45) is 15.6 Å². The van der Waals surface area contributed by atoms with Gasteiger partial charge in [-0.1, -0.05) is 0 Å². The standard InChI is InChI=1S/C16H23N3O4/c1-3-4-8-16(17-18-16)9-6-13(20)19-10-5-7-15(11-19,12-23-2)14(21)22/h1H,4-12H2,2H3,(H,21,22). The number of nitrogens with zero attached hydrogens (tertiary/aromatic N) is 3. The number of likely N-dealkylation sites (tertiary alicyclic amines) is 1. The van der Waals surface area contributed by atoms with Gasteiger partial charge < -0.3 is 14.7 Å². The van der Waals surface area contributed by atoms with E-state index in [1.807, 2.05) is 0 Å². The molecular weight excluding hydrogens is 298 g/mol. The van der Waals surface area contributed by atoms with Gasteiger partial charge in [-0.25, -0.2) is 0 Å². The second-order valence-electron chi connectivity index (χ2n) is 6.32. The van der Waals surface area contributed by atoms with E-state index in [2.05, 4.69) is 16.1 Å². The summed E-state index contributed by atoms with van der Waals surface area (Å²) < 4.78 is 5.07. The van der Waals surface area contributed by atoms with Crippen molar-refractivity contribution in [1.29, 1.82) is 0 Å². The molecule has 0 aromatic carbocycles. The van der Waals surface area contributed by atoms with Gasteiger partial charge in [0.1, 0.15) is 5.41 Å². The number of methoxy groups -OCH3 is 1. The fourth-order valence-electron chi connectivity index (χ4n) is 3.11. The molecule has 0 aromatic rings. The first kappa shape index (κ1) is 17.4. The number of aliphatic carboxylic acids is 1. The summed E-state index contributed by atoms with van der Waals surface area (Å²) in [5.41, 5.74) is -1.48. The van der Waals surface area contributed by atoms with Crippen LogP contribution in [0, 0.1) is 17.8 Å². The van der Waals surface area contributed by atoms with Gasteiger partial charge in [0.2, 0.25) is 5.91 Å². The second-order valence-corrected chi connectivity index (χ2v) is 6.32. The van der Waals surface area contributed by atoms with Crippen molar-refractivity contribution in [2.45, 2.75) is 44.2 Å². The van der Waals surface area contributed by atoms with Crippen LogP contribution >= 0.6 is 0 Å². The zero-order chi connectivity index (χ0) is 16.9. The summed E-state index contributed by atoms with van der Waals surface area (Å²) in [6.07, 6.45) is 8.53. The molecule has 0 aromatic heterocycles. The Morgan fingerprint density at radius 2 is 2.13 bits per heavy atom. The average Bonchev–Trinajstić information content (AvgIpc) is 3.31. The Morgan fingerprint density at radius 3 is 2.70 bits per heavy atom. The van der Waals surface area contributed by atoms with Gasteiger partial charge in [-0.2, -0.15) is 10.2 Å². The van der Waals surface area contributed by atoms with Crippen LogP contribution < -0.4 is 0 Å². The van der Waals surface area contributed by atoms with Crippen LogP contribution in [0.1, 0.15) is 38.5 Å². The fraction of sp³-hybridized carbons (Fsp3) is 0.750. The summed E-state index contributed by atoms with van der Waals surface area (Å²) in [6.45, 7) is 0.896. The number of hydrogen-bond donors (Lipinski definition) is 1. The van der Waals surface area contributed by atoms with Crippen LogP contribution in [0.15, 0.2) is 10.2 Å². The Kier molecular flexibility index (Phi) is 5.37. The lowest BCUT2D eigenvalue weighted by atomic mass is 9.80. The van der Waals surface area contributed by atoms with Crippen LogP contribution in [0.2, 0.25) is 0 Å². The molecular formula is C16H23N3O4. The number of rotatable bonds is 8. The van der Waals surface area contributed by atoms with Crippen molar-refractivity contribution in [3.63, 3.8) is 0 Å². The summed E-state index contributed by atoms with van der Waals surface area (Å²) in [5, 5.41) is 17.6. The minimum atomic E-state index is -1.00. The summed E-state index contributed by atoms with van der Waals surface area (Å²) in [5.74, 6) is 1.60. The highest BCUT2D eigenvalue weighted by Crippen LogP contribution is 2.38. The number of hydrogen-bond acceptors (Lipinski definition) is 5. The van der Waals surface area contributed by atoms with E-state index in [0.29, 0.717) is 45.1 Å². The van der Waals surface area contributed by atoms with Gasteiger partial charge in [-0.05, 0) is 12.8 Å². The lowest BCUT2D eigenvalue weighted by Gasteiger charge is -2.39. The Hall–Kier alpha value is -1.94. The van der Waals surface area contributed by atoms with Crippen LogP contribution in [-0.4, -0.2) is 54.4 Å². The number of ether oxygens (including phenoxy) is 1. The normalized spacial score (nSPS) is 25.0. The Balaban J connectivity index is 1.89. The van der Waals surface area contributed by atoms with Gasteiger partial charge in [0.05, 0.1) is 6.61 Å². The van der Waals surface area contributed by atoms with Crippen LogP contribution in [0.4, 0.5) is 0 Å². The molecule has 7 nitrogen and oxygen atoms in total. The van der Waals surface area contributed by atoms with E-state index in [1.54, 1.807) is 4.90 Å². The van der Waals surface area contributed by atoms with E-state index >= 15 is 0 Å². The molecule has 1 saturated heterocycles. The van der Waals surface area contributed by atoms with Gasteiger partial charge in [0.15, 0.2) is 5.66 Å². The number of terminal acetylenes is 1. The molecule has 2 aliphatic rings. The molecule has 1 N–H and O–H groups in total. The lowest BCUT2D eigenvalue weighted by Crippen LogP contribution is -2.52. The fourth-order valence-corrected chi connectivity index (χ4v) is 3.11. The molecule has 0 aliphatic carbocycles. The van der Waals surface area contributed by atoms with Crippen LogP contribution in [-0.2, 0) is 14.3 Å². The van der Waals surface area contributed by atoms with Crippen molar-refractivity contribution in [1.82, 2.24) is 4.90 Å². The zero-order valence-electron chi connectivity index (χ0n) is 13.5. The predicted octanol–water partition coefficient (Wildman–Crippen LogP) is 1.68. The number of carboxylic acid groups (broad SMARTS) is 1. The molecule has 2 aliphatic heterocycles. The number of carbonyl (C=O) groups is 2. The Labute approximate surface area is 136 Å². The first-order valence-electron chi connectivity index (χ1n) is 7.85. The molecule has 2 rings (SSSR count). The van der Waals surface area contributed by atoms with Gasteiger partial charge in [-0.3, -0.25) is 9.59 Å². The highest BCUT2D eigenvalue weighted by molar-refractivity contribution is 5.80. The van der Waals surface area contributed by atoms with E-state index in [-0.39, 0.29) is 19.1 Å². The number of carbonyl (C=O) groups excluding carboxylic acids is 1. The van der Waals surface area contributed by atoms with Gasteiger partial charge in [0.25, 0.3) is 0 Å². The molecule has 0 bridgehead atoms. The maximum atomic E-state index is 12.4. The van der Waals surface area contributed by atoms with E-state index < -0.39 is 17.0 Å². The topological polar surface area (TPSA) is 91.6 Å². The monoisotopic (exact) mass is 321 g/mol. The molecule has 7 heteroatoms. The first-order valence-corrected chi connectivity index (χ1v) is 7.85. The molecule has 0 radical (unpaired) electrons. The number of carboxylic acids is 1. The van der Waals surface area contributed by atoms with E-state index in [0.717, 1.165) is 0 Å². The minimum absolute atomic E-state index is 0.0520. The van der Waals surface area contributed by atoms with Crippen LogP contribution in [0.5, 0.6) is 0 Å². The highest BCUT2D eigenvalue weighted by atomic mass is 16.5. The minimum Gasteiger partial charge on any atom is -0.481 e. The maximum Gasteiger partial charge on any atom is 0.313 e. The SMILES string of the molecule is C#CCCC1(CCC(=O)N2CCCC(COC)(C(=O)O)C2)N=N1. The maximum absolute atomic E-state index is 12.4.